The fourth-order valence-corrected chi connectivity index (χ4v) is 4.62. The van der Waals surface area contributed by atoms with E-state index in [4.69, 9.17) is 14.2 Å². The molecule has 5 aromatic rings. The topological polar surface area (TPSA) is 105 Å². The van der Waals surface area contributed by atoms with Gasteiger partial charge >= 0.3 is 0 Å². The Bertz CT molecular complexity index is 1640. The Morgan fingerprint density at radius 2 is 1.80 bits per heavy atom. The molecule has 0 atom stereocenters. The van der Waals surface area contributed by atoms with Crippen molar-refractivity contribution < 1.29 is 19.1 Å². The van der Waals surface area contributed by atoms with Crippen molar-refractivity contribution in [2.45, 2.75) is 0 Å². The summed E-state index contributed by atoms with van der Waals surface area (Å²) in [4.78, 5) is 28.4. The van der Waals surface area contributed by atoms with Crippen LogP contribution in [0.2, 0.25) is 0 Å². The second-order valence-electron chi connectivity index (χ2n) is 7.49. The first kappa shape index (κ1) is 22.4. The zero-order valence-electron chi connectivity index (χ0n) is 18.5. The summed E-state index contributed by atoms with van der Waals surface area (Å²) in [6.45, 7) is 0.494. The highest BCUT2D eigenvalue weighted by molar-refractivity contribution is 7.15. The molecule has 0 radical (unpaired) electrons. The lowest BCUT2D eigenvalue weighted by atomic mass is 10.2. The highest BCUT2D eigenvalue weighted by Crippen LogP contribution is 2.28. The van der Waals surface area contributed by atoms with Gasteiger partial charge in [-0.1, -0.05) is 29.5 Å². The predicted molar refractivity (Wildman–Crippen MR) is 133 cm³/mol. The Balaban J connectivity index is 1.29. The number of aromatic nitrogens is 2. The minimum Gasteiger partial charge on any atom is -0.493 e. The number of fused-ring (bicyclic) bond motifs is 3. The van der Waals surface area contributed by atoms with E-state index in [1.165, 1.54) is 35.6 Å². The number of methoxy groups -OCH3 is 1. The Hall–Kier alpha value is -4.44. The van der Waals surface area contributed by atoms with Crippen LogP contribution in [-0.4, -0.2) is 34.6 Å². The van der Waals surface area contributed by atoms with E-state index in [2.05, 4.69) is 4.98 Å². The number of nitrogens with zero attached hydrogens (tertiary/aromatic N) is 3. The molecule has 0 saturated carbocycles. The zero-order chi connectivity index (χ0) is 24.4. The van der Waals surface area contributed by atoms with Crippen molar-refractivity contribution in [2.75, 3.05) is 20.3 Å². The van der Waals surface area contributed by atoms with Gasteiger partial charge in [-0.25, -0.2) is 9.38 Å². The average molecular weight is 490 g/mol. The third-order valence-corrected chi connectivity index (χ3v) is 6.26. The summed E-state index contributed by atoms with van der Waals surface area (Å²) in [5.74, 6) is 1.57. The number of hydrogen-bond acceptors (Lipinski definition) is 8. The Morgan fingerprint density at radius 3 is 2.57 bits per heavy atom. The Kier molecular flexibility index (Phi) is 6.02. The number of non-ortho nitro benzene ring substituents is 1. The third-order valence-electron chi connectivity index (χ3n) is 5.29. The van der Waals surface area contributed by atoms with E-state index in [0.29, 0.717) is 26.7 Å². The number of ether oxygens (including phenoxy) is 3. The van der Waals surface area contributed by atoms with Gasteiger partial charge in [0.1, 0.15) is 19.0 Å². The van der Waals surface area contributed by atoms with Gasteiger partial charge in [-0.2, -0.15) is 0 Å². The zero-order valence-corrected chi connectivity index (χ0v) is 19.4. The van der Waals surface area contributed by atoms with E-state index < -0.39 is 4.92 Å². The molecule has 0 spiro atoms. The quantitative estimate of drug-likeness (QED) is 0.185. The van der Waals surface area contributed by atoms with Crippen LogP contribution in [0.15, 0.2) is 71.5 Å². The first-order valence-corrected chi connectivity index (χ1v) is 11.4. The Labute approximate surface area is 202 Å². The van der Waals surface area contributed by atoms with Crippen LogP contribution >= 0.6 is 11.3 Å². The second-order valence-corrected chi connectivity index (χ2v) is 8.50. The number of hydrogen-bond donors (Lipinski definition) is 0. The van der Waals surface area contributed by atoms with E-state index in [0.717, 1.165) is 16.6 Å². The van der Waals surface area contributed by atoms with Gasteiger partial charge in [0.25, 0.3) is 11.2 Å². The number of nitro benzene ring substituents is 1. The minimum absolute atomic E-state index is 0.00398. The van der Waals surface area contributed by atoms with E-state index >= 15 is 0 Å². The maximum atomic E-state index is 13.0. The molecule has 176 valence electrons. The summed E-state index contributed by atoms with van der Waals surface area (Å²) in [5.41, 5.74) is 2.27. The van der Waals surface area contributed by atoms with Crippen LogP contribution in [0.4, 0.5) is 5.69 Å². The molecule has 35 heavy (non-hydrogen) atoms. The smallest absolute Gasteiger partial charge is 0.274 e. The summed E-state index contributed by atoms with van der Waals surface area (Å²) in [6, 6.07) is 18.8. The highest BCUT2D eigenvalue weighted by Gasteiger charge is 2.11. The van der Waals surface area contributed by atoms with Crippen LogP contribution < -0.4 is 24.3 Å². The summed E-state index contributed by atoms with van der Waals surface area (Å²) in [5, 5.41) is 10.7. The van der Waals surface area contributed by atoms with Crippen molar-refractivity contribution in [2.24, 2.45) is 0 Å². The van der Waals surface area contributed by atoms with Gasteiger partial charge in [0.15, 0.2) is 16.5 Å². The molecule has 0 unspecified atom stereocenters. The van der Waals surface area contributed by atoms with Crippen LogP contribution in [-0.2, 0) is 0 Å². The van der Waals surface area contributed by atoms with Crippen LogP contribution in [0, 0.1) is 10.1 Å². The number of rotatable bonds is 8. The van der Waals surface area contributed by atoms with Crippen molar-refractivity contribution in [3.05, 3.63) is 97.3 Å². The third kappa shape index (κ3) is 4.51. The molecule has 5 rings (SSSR count). The van der Waals surface area contributed by atoms with Crippen molar-refractivity contribution in [1.29, 1.82) is 0 Å². The van der Waals surface area contributed by atoms with E-state index in [1.54, 1.807) is 29.7 Å². The molecule has 9 nitrogen and oxygen atoms in total. The highest BCUT2D eigenvalue weighted by atomic mass is 32.1. The van der Waals surface area contributed by atoms with Gasteiger partial charge in [0, 0.05) is 12.1 Å². The first-order chi connectivity index (χ1) is 17.0. The molecule has 2 aromatic heterocycles. The summed E-state index contributed by atoms with van der Waals surface area (Å²) in [7, 11) is 1.55. The molecule has 3 aromatic carbocycles. The number of benzene rings is 3. The monoisotopic (exact) mass is 489 g/mol. The summed E-state index contributed by atoms with van der Waals surface area (Å²) in [6.07, 6.45) is 1.81. The lowest BCUT2D eigenvalue weighted by Gasteiger charge is -2.12. The van der Waals surface area contributed by atoms with Gasteiger partial charge in [0.2, 0.25) is 0 Å². The molecule has 0 bridgehead atoms. The molecule has 0 amide bonds. The molecule has 10 heteroatoms. The lowest BCUT2D eigenvalue weighted by Crippen LogP contribution is -2.22. The van der Waals surface area contributed by atoms with Gasteiger partial charge in [-0.3, -0.25) is 14.9 Å². The molecule has 0 fully saturated rings. The van der Waals surface area contributed by atoms with Crippen molar-refractivity contribution >= 4 is 39.1 Å². The molecular formula is C25H19N3O6S. The fraction of sp³-hybridized carbons (Fsp3) is 0.120. The fourth-order valence-electron chi connectivity index (χ4n) is 3.63. The molecule has 0 saturated heterocycles. The maximum Gasteiger partial charge on any atom is 0.274 e. The van der Waals surface area contributed by atoms with Crippen LogP contribution in [0.25, 0.3) is 22.1 Å². The SMILES string of the molecule is COc1cc(C=c2sc3nc4ccccc4n3c2=O)ccc1OCCOc1ccc([N+](=O)[O-])cc1. The summed E-state index contributed by atoms with van der Waals surface area (Å²) >= 11 is 1.34. The van der Waals surface area contributed by atoms with Crippen molar-refractivity contribution in [3.63, 3.8) is 0 Å². The number of imidazole rings is 1. The van der Waals surface area contributed by atoms with Crippen LogP contribution in [0.5, 0.6) is 17.2 Å². The van der Waals surface area contributed by atoms with Gasteiger partial charge in [0.05, 0.1) is 27.6 Å². The largest absolute Gasteiger partial charge is 0.493 e. The summed E-state index contributed by atoms with van der Waals surface area (Å²) < 4.78 is 19.0. The standard InChI is InChI=1S/C25H19N3O6S/c1-32-22-14-16(15-23-24(29)27-20-5-3-2-4-19(20)26-25(27)35-23)6-11-21(22)34-13-12-33-18-9-7-17(8-10-18)28(30)31/h2-11,14-15H,12-13H2,1H3. The first-order valence-electron chi connectivity index (χ1n) is 10.6. The molecule has 0 N–H and O–H groups in total. The molecule has 0 aliphatic carbocycles. The normalized spacial score (nSPS) is 11.7. The van der Waals surface area contributed by atoms with Crippen molar-refractivity contribution in [3.8, 4) is 17.2 Å². The Morgan fingerprint density at radius 1 is 1.03 bits per heavy atom. The lowest BCUT2D eigenvalue weighted by molar-refractivity contribution is -0.384. The minimum atomic E-state index is -0.462. The molecule has 2 heterocycles. The van der Waals surface area contributed by atoms with Gasteiger partial charge < -0.3 is 14.2 Å². The van der Waals surface area contributed by atoms with Crippen molar-refractivity contribution in [1.82, 2.24) is 9.38 Å². The van der Waals surface area contributed by atoms with Gasteiger partial charge in [-0.15, -0.1) is 0 Å². The predicted octanol–water partition coefficient (Wildman–Crippen LogP) is 3.83. The second kappa shape index (κ2) is 9.43. The number of para-hydroxylation sites is 2. The number of nitro groups is 1. The van der Waals surface area contributed by atoms with E-state index in [-0.39, 0.29) is 24.5 Å². The van der Waals surface area contributed by atoms with E-state index in [9.17, 15) is 14.9 Å². The van der Waals surface area contributed by atoms with E-state index in [1.807, 2.05) is 30.3 Å². The average Bonchev–Trinajstić information content (AvgIpc) is 3.38. The molecular weight excluding hydrogens is 470 g/mol. The number of thiazole rings is 1. The van der Waals surface area contributed by atoms with Crippen LogP contribution in [0.1, 0.15) is 5.56 Å². The maximum absolute atomic E-state index is 13.0. The molecule has 0 aliphatic heterocycles. The molecule has 0 aliphatic rings. The van der Waals surface area contributed by atoms with Crippen LogP contribution in [0.3, 0.4) is 0 Å². The van der Waals surface area contributed by atoms with Gasteiger partial charge in [-0.05, 0) is 48.0 Å².